The number of halogens is 1. The van der Waals surface area contributed by atoms with Crippen molar-refractivity contribution in [3.63, 3.8) is 0 Å². The van der Waals surface area contributed by atoms with Crippen LogP contribution in [-0.4, -0.2) is 35.3 Å². The molecule has 0 saturated carbocycles. The summed E-state index contributed by atoms with van der Waals surface area (Å²) in [6, 6.07) is 15.8. The Kier molecular flexibility index (Phi) is 5.99. The van der Waals surface area contributed by atoms with Crippen molar-refractivity contribution in [2.75, 3.05) is 12.5 Å². The Labute approximate surface area is 198 Å². The molecule has 32 heavy (non-hydrogen) atoms. The first-order valence-electron chi connectivity index (χ1n) is 10.0. The van der Waals surface area contributed by atoms with Crippen molar-refractivity contribution in [2.24, 2.45) is 0 Å². The van der Waals surface area contributed by atoms with Gasteiger partial charge in [-0.05, 0) is 41.3 Å². The van der Waals surface area contributed by atoms with E-state index in [1.807, 2.05) is 35.7 Å². The number of thiophene rings is 1. The molecule has 2 amide bonds. The average molecular weight is 487 g/mol. The number of carbonyl (C=O) groups excluding carboxylic acids is 2. The summed E-state index contributed by atoms with van der Waals surface area (Å²) in [5, 5.41) is 5.09. The number of hydrogen-bond acceptors (Lipinski definition) is 6. The summed E-state index contributed by atoms with van der Waals surface area (Å²) in [4.78, 5) is 29.4. The lowest BCUT2D eigenvalue weighted by atomic mass is 10.1. The molecule has 0 spiro atoms. The number of ether oxygens (including phenoxy) is 2. The Hall–Kier alpha value is -2.68. The minimum atomic E-state index is -0.607. The molecule has 2 aliphatic rings. The zero-order valence-electron chi connectivity index (χ0n) is 16.8. The maximum atomic E-state index is 13.5. The van der Waals surface area contributed by atoms with Crippen LogP contribution in [0.15, 0.2) is 60.0 Å². The third-order valence-corrected chi connectivity index (χ3v) is 8.04. The van der Waals surface area contributed by atoms with E-state index in [1.54, 1.807) is 52.3 Å². The first-order valence-corrected chi connectivity index (χ1v) is 12.3. The van der Waals surface area contributed by atoms with Crippen LogP contribution in [0.3, 0.4) is 0 Å². The van der Waals surface area contributed by atoms with Crippen molar-refractivity contribution in [2.45, 2.75) is 18.0 Å². The van der Waals surface area contributed by atoms with Gasteiger partial charge < -0.3 is 19.7 Å². The molecule has 6 nitrogen and oxygen atoms in total. The second-order valence-electron chi connectivity index (χ2n) is 7.31. The number of rotatable bonds is 5. The zero-order chi connectivity index (χ0) is 22.1. The normalized spacial score (nSPS) is 19.2. The van der Waals surface area contributed by atoms with Gasteiger partial charge in [0.05, 0.1) is 10.6 Å². The summed E-state index contributed by atoms with van der Waals surface area (Å²) in [7, 11) is 0. The quantitative estimate of drug-likeness (QED) is 0.566. The molecule has 1 N–H and O–H groups in total. The molecule has 5 rings (SSSR count). The van der Waals surface area contributed by atoms with Gasteiger partial charge in [0.25, 0.3) is 5.91 Å². The van der Waals surface area contributed by atoms with Crippen LogP contribution in [0.4, 0.5) is 0 Å². The highest BCUT2D eigenvalue weighted by atomic mass is 35.5. The first kappa shape index (κ1) is 21.2. The fourth-order valence-electron chi connectivity index (χ4n) is 3.74. The summed E-state index contributed by atoms with van der Waals surface area (Å²) in [5.74, 6) is 1.42. The SMILES string of the molecule is O=C(NCc1ccc2c(c1)OCO2)C1CSC(c2cccs2)N1C(=O)c1ccccc1Cl. The summed E-state index contributed by atoms with van der Waals surface area (Å²) in [5.41, 5.74) is 1.29. The van der Waals surface area contributed by atoms with Crippen molar-refractivity contribution >= 4 is 46.5 Å². The van der Waals surface area contributed by atoms with E-state index in [-0.39, 0.29) is 24.0 Å². The topological polar surface area (TPSA) is 67.9 Å². The monoisotopic (exact) mass is 486 g/mol. The lowest BCUT2D eigenvalue weighted by molar-refractivity contribution is -0.125. The molecule has 1 fully saturated rings. The molecule has 9 heteroatoms. The Morgan fingerprint density at radius 2 is 1.94 bits per heavy atom. The van der Waals surface area contributed by atoms with E-state index in [9.17, 15) is 9.59 Å². The van der Waals surface area contributed by atoms with E-state index in [4.69, 9.17) is 21.1 Å². The number of fused-ring (bicyclic) bond motifs is 1. The van der Waals surface area contributed by atoms with Crippen molar-refractivity contribution < 1.29 is 19.1 Å². The maximum absolute atomic E-state index is 13.5. The standard InChI is InChI=1S/C23H19ClN2O4S2/c24-16-5-2-1-4-15(16)22(28)26-17(12-32-23(26)20-6-3-9-31-20)21(27)25-11-14-7-8-18-19(10-14)30-13-29-18/h1-10,17,23H,11-13H2,(H,25,27). The highest BCUT2D eigenvalue weighted by molar-refractivity contribution is 7.99. The summed E-state index contributed by atoms with van der Waals surface area (Å²) in [6.07, 6.45) is 0. The molecule has 3 heterocycles. The van der Waals surface area contributed by atoms with E-state index < -0.39 is 6.04 Å². The van der Waals surface area contributed by atoms with Crippen LogP contribution in [0.2, 0.25) is 5.02 Å². The third kappa shape index (κ3) is 4.05. The Morgan fingerprint density at radius 1 is 1.09 bits per heavy atom. The van der Waals surface area contributed by atoms with Gasteiger partial charge in [0.1, 0.15) is 11.4 Å². The number of benzene rings is 2. The Bertz CT molecular complexity index is 1150. The fourth-order valence-corrected chi connectivity index (χ4v) is 6.35. The number of thioether (sulfide) groups is 1. The van der Waals surface area contributed by atoms with Gasteiger partial charge in [0.2, 0.25) is 12.7 Å². The largest absolute Gasteiger partial charge is 0.454 e. The van der Waals surface area contributed by atoms with Crippen LogP contribution >= 0.6 is 34.7 Å². The predicted octanol–water partition coefficient (Wildman–Crippen LogP) is 4.70. The number of nitrogens with one attached hydrogen (secondary N) is 1. The van der Waals surface area contributed by atoms with Gasteiger partial charge in [0.15, 0.2) is 11.5 Å². The summed E-state index contributed by atoms with van der Waals surface area (Å²) >= 11 is 9.47. The molecule has 1 saturated heterocycles. The zero-order valence-corrected chi connectivity index (χ0v) is 19.2. The van der Waals surface area contributed by atoms with Crippen LogP contribution in [0.5, 0.6) is 11.5 Å². The molecular formula is C23H19ClN2O4S2. The molecule has 2 aliphatic heterocycles. The van der Waals surface area contributed by atoms with Crippen LogP contribution in [-0.2, 0) is 11.3 Å². The molecule has 0 bridgehead atoms. The molecular weight excluding hydrogens is 468 g/mol. The Morgan fingerprint density at radius 3 is 2.75 bits per heavy atom. The summed E-state index contributed by atoms with van der Waals surface area (Å²) < 4.78 is 10.7. The molecule has 0 aliphatic carbocycles. The van der Waals surface area contributed by atoms with Crippen LogP contribution in [0.25, 0.3) is 0 Å². The Balaban J connectivity index is 1.37. The molecule has 2 aromatic carbocycles. The van der Waals surface area contributed by atoms with Crippen LogP contribution in [0, 0.1) is 0 Å². The maximum Gasteiger partial charge on any atom is 0.257 e. The fraction of sp³-hybridized carbons (Fsp3) is 0.217. The second kappa shape index (κ2) is 9.05. The van der Waals surface area contributed by atoms with E-state index >= 15 is 0 Å². The lowest BCUT2D eigenvalue weighted by Crippen LogP contribution is -2.47. The van der Waals surface area contributed by atoms with E-state index in [0.717, 1.165) is 10.4 Å². The van der Waals surface area contributed by atoms with Gasteiger partial charge in [-0.3, -0.25) is 9.59 Å². The van der Waals surface area contributed by atoms with Crippen molar-refractivity contribution in [3.8, 4) is 11.5 Å². The van der Waals surface area contributed by atoms with Crippen LogP contribution < -0.4 is 14.8 Å². The third-order valence-electron chi connectivity index (χ3n) is 5.33. The average Bonchev–Trinajstić information content (AvgIpc) is 3.57. The van der Waals surface area contributed by atoms with Crippen molar-refractivity contribution in [1.29, 1.82) is 0 Å². The minimum absolute atomic E-state index is 0.199. The molecule has 3 aromatic rings. The van der Waals surface area contributed by atoms with Gasteiger partial charge >= 0.3 is 0 Å². The molecule has 2 atom stereocenters. The van der Waals surface area contributed by atoms with Gasteiger partial charge in [-0.2, -0.15) is 0 Å². The van der Waals surface area contributed by atoms with Gasteiger partial charge in [-0.25, -0.2) is 0 Å². The predicted molar refractivity (Wildman–Crippen MR) is 125 cm³/mol. The van der Waals surface area contributed by atoms with Crippen molar-refractivity contribution in [3.05, 3.63) is 81.0 Å². The summed E-state index contributed by atoms with van der Waals surface area (Å²) in [6.45, 7) is 0.530. The number of carbonyl (C=O) groups is 2. The van der Waals surface area contributed by atoms with Gasteiger partial charge in [-0.15, -0.1) is 23.1 Å². The highest BCUT2D eigenvalue weighted by Crippen LogP contribution is 2.44. The van der Waals surface area contributed by atoms with E-state index in [0.29, 0.717) is 34.4 Å². The number of nitrogens with zero attached hydrogens (tertiary/aromatic N) is 1. The van der Waals surface area contributed by atoms with Gasteiger partial charge in [-0.1, -0.05) is 35.9 Å². The molecule has 1 aromatic heterocycles. The molecule has 2 unspecified atom stereocenters. The lowest BCUT2D eigenvalue weighted by Gasteiger charge is -2.28. The highest BCUT2D eigenvalue weighted by Gasteiger charge is 2.43. The first-order chi connectivity index (χ1) is 15.6. The van der Waals surface area contributed by atoms with Gasteiger partial charge in [0, 0.05) is 17.2 Å². The number of amides is 2. The van der Waals surface area contributed by atoms with E-state index in [1.165, 1.54) is 0 Å². The van der Waals surface area contributed by atoms with Crippen molar-refractivity contribution in [1.82, 2.24) is 10.2 Å². The smallest absolute Gasteiger partial charge is 0.257 e. The van der Waals surface area contributed by atoms with E-state index in [2.05, 4.69) is 5.32 Å². The second-order valence-corrected chi connectivity index (χ2v) is 9.81. The van der Waals surface area contributed by atoms with Crippen LogP contribution in [0.1, 0.15) is 26.2 Å². The molecule has 164 valence electrons. The molecule has 0 radical (unpaired) electrons. The number of hydrogen-bond donors (Lipinski definition) is 1. The minimum Gasteiger partial charge on any atom is -0.454 e.